The number of amidine groups is 1. The molecule has 0 atom stereocenters. The molecule has 16 heteroatoms. The predicted octanol–water partition coefficient (Wildman–Crippen LogP) is 3.70. The molecule has 10 nitrogen and oxygen atoms in total. The molecule has 0 unspecified atom stereocenters. The zero-order valence-corrected chi connectivity index (χ0v) is 19.0. The molecule has 4 heterocycles. The van der Waals surface area contributed by atoms with Gasteiger partial charge in [0, 0.05) is 17.4 Å². The molecule has 38 heavy (non-hydrogen) atoms. The number of hydrogen-bond donors (Lipinski definition) is 5. The number of carbonyl (C=O) groups is 1. The van der Waals surface area contributed by atoms with Crippen LogP contribution in [0.4, 0.5) is 38.0 Å². The van der Waals surface area contributed by atoms with E-state index in [0.717, 1.165) is 6.07 Å². The van der Waals surface area contributed by atoms with Crippen molar-refractivity contribution in [2.24, 2.45) is 10.7 Å². The maximum absolute atomic E-state index is 12.9. The molecule has 0 saturated carbocycles. The van der Waals surface area contributed by atoms with Crippen LogP contribution in [-0.4, -0.2) is 50.8 Å². The van der Waals surface area contributed by atoms with Crippen molar-refractivity contribution >= 4 is 34.5 Å². The number of rotatable bonds is 5. The maximum Gasteiger partial charge on any atom is 0.433 e. The number of aromatic nitrogens is 4. The highest BCUT2D eigenvalue weighted by molar-refractivity contribution is 6.10. The Morgan fingerprint density at radius 3 is 2.47 bits per heavy atom. The molecule has 6 N–H and O–H groups in total. The standard InChI is InChI=1S/C22H17F6N9O/c23-21(24,25)8-30-19(38)12-7-37-16(17(29)31-9-32-37)15(12)10-1-3-11(4-2-10)33-20-34-13-5-6-14(22(26,27)28)35-18(13)36-20/h1-7,32H,8-9H2,(H2,29,31)(H,30,38)(H2,33,34,35,36). The van der Waals surface area contributed by atoms with Gasteiger partial charge in [0.1, 0.15) is 30.4 Å². The number of halogens is 6. The van der Waals surface area contributed by atoms with E-state index in [0.29, 0.717) is 16.9 Å². The summed E-state index contributed by atoms with van der Waals surface area (Å²) in [4.78, 5) is 27.1. The van der Waals surface area contributed by atoms with Gasteiger partial charge in [-0.2, -0.15) is 31.3 Å². The normalized spacial score (nSPS) is 13.6. The number of imidazole rings is 1. The van der Waals surface area contributed by atoms with E-state index in [2.05, 4.69) is 30.7 Å². The number of carbonyl (C=O) groups excluding carboxylic acids is 1. The Labute approximate surface area is 208 Å². The highest BCUT2D eigenvalue weighted by Crippen LogP contribution is 2.32. The van der Waals surface area contributed by atoms with Crippen molar-refractivity contribution in [3.05, 3.63) is 59.5 Å². The molecule has 1 aliphatic heterocycles. The zero-order valence-electron chi connectivity index (χ0n) is 19.0. The maximum atomic E-state index is 12.9. The molecule has 1 amide bonds. The molecule has 1 aromatic carbocycles. The second-order valence-electron chi connectivity index (χ2n) is 8.15. The molecule has 0 saturated heterocycles. The number of aromatic amines is 1. The van der Waals surface area contributed by atoms with Gasteiger partial charge < -0.3 is 26.8 Å². The number of nitrogens with two attached hydrogens (primary N) is 1. The van der Waals surface area contributed by atoms with Crippen molar-refractivity contribution in [1.82, 2.24) is 24.9 Å². The first-order chi connectivity index (χ1) is 17.9. The summed E-state index contributed by atoms with van der Waals surface area (Å²) < 4.78 is 78.2. The Kier molecular flexibility index (Phi) is 5.88. The molecule has 198 valence electrons. The van der Waals surface area contributed by atoms with Crippen molar-refractivity contribution < 1.29 is 31.1 Å². The number of pyridine rings is 1. The van der Waals surface area contributed by atoms with Crippen LogP contribution in [0, 0.1) is 0 Å². The molecule has 3 aromatic heterocycles. The van der Waals surface area contributed by atoms with Gasteiger partial charge in [0.05, 0.1) is 11.1 Å². The Bertz CT molecular complexity index is 1550. The third-order valence-corrected chi connectivity index (χ3v) is 5.50. The monoisotopic (exact) mass is 537 g/mol. The van der Waals surface area contributed by atoms with Gasteiger partial charge in [-0.3, -0.25) is 9.47 Å². The summed E-state index contributed by atoms with van der Waals surface area (Å²) in [5.74, 6) is -0.735. The lowest BCUT2D eigenvalue weighted by atomic mass is 10.00. The summed E-state index contributed by atoms with van der Waals surface area (Å²) in [6, 6.07) is 8.40. The Balaban J connectivity index is 1.44. The van der Waals surface area contributed by atoms with Crippen LogP contribution in [0.25, 0.3) is 22.3 Å². The molecule has 0 radical (unpaired) electrons. The van der Waals surface area contributed by atoms with E-state index in [1.165, 1.54) is 16.9 Å². The van der Waals surface area contributed by atoms with Crippen molar-refractivity contribution in [3.8, 4) is 11.1 Å². The van der Waals surface area contributed by atoms with E-state index in [4.69, 9.17) is 5.73 Å². The van der Waals surface area contributed by atoms with Crippen molar-refractivity contribution in [3.63, 3.8) is 0 Å². The van der Waals surface area contributed by atoms with Crippen LogP contribution in [0.15, 0.2) is 47.6 Å². The van der Waals surface area contributed by atoms with Crippen LogP contribution in [0.3, 0.4) is 0 Å². The summed E-state index contributed by atoms with van der Waals surface area (Å²) in [6.45, 7) is -1.40. The number of benzene rings is 1. The van der Waals surface area contributed by atoms with Crippen molar-refractivity contribution in [2.75, 3.05) is 24.0 Å². The second-order valence-corrected chi connectivity index (χ2v) is 8.15. The molecule has 0 fully saturated rings. The van der Waals surface area contributed by atoms with E-state index in [1.807, 2.05) is 5.32 Å². The Morgan fingerprint density at radius 2 is 1.79 bits per heavy atom. The quantitative estimate of drug-likeness (QED) is 0.246. The smallest absolute Gasteiger partial charge is 0.382 e. The van der Waals surface area contributed by atoms with Gasteiger partial charge in [-0.05, 0) is 29.8 Å². The van der Waals surface area contributed by atoms with Crippen molar-refractivity contribution in [2.45, 2.75) is 12.4 Å². The first kappa shape index (κ1) is 24.9. The van der Waals surface area contributed by atoms with Crippen LogP contribution in [0.5, 0.6) is 0 Å². The fourth-order valence-corrected chi connectivity index (χ4v) is 3.86. The van der Waals surface area contributed by atoms with Crippen LogP contribution in [0.1, 0.15) is 21.7 Å². The number of amides is 1. The van der Waals surface area contributed by atoms with E-state index < -0.39 is 30.5 Å². The van der Waals surface area contributed by atoms with Gasteiger partial charge in [-0.25, -0.2) is 9.98 Å². The molecule has 0 spiro atoms. The first-order valence-corrected chi connectivity index (χ1v) is 10.8. The number of aliphatic imine (C=N–C) groups is 1. The van der Waals surface area contributed by atoms with Gasteiger partial charge in [0.2, 0.25) is 5.95 Å². The Morgan fingerprint density at radius 1 is 1.05 bits per heavy atom. The largest absolute Gasteiger partial charge is 0.433 e. The molecule has 1 aliphatic rings. The predicted molar refractivity (Wildman–Crippen MR) is 125 cm³/mol. The highest BCUT2D eigenvalue weighted by atomic mass is 19.4. The zero-order chi connectivity index (χ0) is 27.2. The summed E-state index contributed by atoms with van der Waals surface area (Å²) in [7, 11) is 0. The third-order valence-electron chi connectivity index (χ3n) is 5.50. The SMILES string of the molecule is NC1=NCNn2cc(C(=O)NCC(F)(F)F)c(-c3ccc(Nc4nc5nc(C(F)(F)F)ccc5[nH]4)cc3)c21. The average Bonchev–Trinajstić information content (AvgIpc) is 3.43. The van der Waals surface area contributed by atoms with Gasteiger partial charge in [-0.1, -0.05) is 12.1 Å². The van der Waals surface area contributed by atoms with E-state index in [9.17, 15) is 31.1 Å². The van der Waals surface area contributed by atoms with Gasteiger partial charge >= 0.3 is 12.4 Å². The molecule has 0 aliphatic carbocycles. The number of H-pyrrole nitrogens is 1. The first-order valence-electron chi connectivity index (χ1n) is 10.8. The lowest BCUT2D eigenvalue weighted by Crippen LogP contribution is -2.33. The van der Waals surface area contributed by atoms with E-state index >= 15 is 0 Å². The second kappa shape index (κ2) is 8.97. The number of nitrogens with one attached hydrogen (secondary N) is 4. The Hall–Kier alpha value is -4.76. The summed E-state index contributed by atoms with van der Waals surface area (Å²) >= 11 is 0. The fraction of sp³-hybridized carbons (Fsp3) is 0.182. The van der Waals surface area contributed by atoms with Crippen LogP contribution in [-0.2, 0) is 6.18 Å². The minimum absolute atomic E-state index is 0.0543. The topological polar surface area (TPSA) is 138 Å². The highest BCUT2D eigenvalue weighted by Gasteiger charge is 2.33. The number of hydrogen-bond acceptors (Lipinski definition) is 7. The fourth-order valence-electron chi connectivity index (χ4n) is 3.86. The van der Waals surface area contributed by atoms with Gasteiger partial charge in [-0.15, -0.1) is 0 Å². The number of nitrogens with zero attached hydrogens (tertiary/aromatic N) is 4. The molecular formula is C22H17F6N9O. The van der Waals surface area contributed by atoms with Crippen LogP contribution >= 0.6 is 0 Å². The van der Waals surface area contributed by atoms with Crippen molar-refractivity contribution in [1.29, 1.82) is 0 Å². The third kappa shape index (κ3) is 4.91. The summed E-state index contributed by atoms with van der Waals surface area (Å²) in [6.07, 6.45) is -7.87. The molecule has 5 rings (SSSR count). The summed E-state index contributed by atoms with van der Waals surface area (Å²) in [5, 5.41) is 4.77. The van der Waals surface area contributed by atoms with Gasteiger partial charge in [0.15, 0.2) is 5.65 Å². The number of anilines is 2. The molecular weight excluding hydrogens is 520 g/mol. The summed E-state index contributed by atoms with van der Waals surface area (Å²) in [5.41, 5.74) is 9.41. The lowest BCUT2D eigenvalue weighted by Gasteiger charge is -2.17. The van der Waals surface area contributed by atoms with E-state index in [1.54, 1.807) is 24.3 Å². The lowest BCUT2D eigenvalue weighted by molar-refractivity contribution is -0.141. The number of fused-ring (bicyclic) bond motifs is 2. The minimum Gasteiger partial charge on any atom is -0.382 e. The number of alkyl halides is 6. The van der Waals surface area contributed by atoms with Crippen LogP contribution < -0.4 is 21.8 Å². The molecule has 4 aromatic rings. The van der Waals surface area contributed by atoms with Gasteiger partial charge in [0.25, 0.3) is 5.91 Å². The minimum atomic E-state index is -4.61. The molecule has 0 bridgehead atoms. The van der Waals surface area contributed by atoms with E-state index in [-0.39, 0.29) is 40.7 Å². The average molecular weight is 537 g/mol. The van der Waals surface area contributed by atoms with Crippen LogP contribution in [0.2, 0.25) is 0 Å².